The summed E-state index contributed by atoms with van der Waals surface area (Å²) < 4.78 is 5.62. The zero-order chi connectivity index (χ0) is 16.0. The number of fused-ring (bicyclic) bond motifs is 2. The second-order valence-corrected chi connectivity index (χ2v) is 5.98. The summed E-state index contributed by atoms with van der Waals surface area (Å²) in [6.07, 6.45) is 1.08. The van der Waals surface area contributed by atoms with Gasteiger partial charge in [-0.05, 0) is 54.4 Å². The van der Waals surface area contributed by atoms with Crippen molar-refractivity contribution < 1.29 is 14.0 Å². The van der Waals surface area contributed by atoms with Crippen LogP contribution in [0.5, 0.6) is 0 Å². The maximum Gasteiger partial charge on any atom is 0.228 e. The molecule has 0 saturated heterocycles. The van der Waals surface area contributed by atoms with E-state index in [9.17, 15) is 9.59 Å². The first-order valence-corrected chi connectivity index (χ1v) is 7.64. The molecule has 1 N–H and O–H groups in total. The predicted molar refractivity (Wildman–Crippen MR) is 88.0 cm³/mol. The number of ketones is 1. The van der Waals surface area contributed by atoms with E-state index in [4.69, 9.17) is 16.0 Å². The Morgan fingerprint density at radius 2 is 1.96 bits per heavy atom. The van der Waals surface area contributed by atoms with Crippen LogP contribution in [0.1, 0.15) is 28.1 Å². The quantitative estimate of drug-likeness (QED) is 0.718. The molecule has 1 amide bonds. The van der Waals surface area contributed by atoms with Crippen molar-refractivity contribution in [2.75, 3.05) is 5.32 Å². The number of carbonyl (C=O) groups is 2. The van der Waals surface area contributed by atoms with E-state index in [1.54, 1.807) is 36.4 Å². The number of nitrogens with one attached hydrogen (secondary N) is 1. The van der Waals surface area contributed by atoms with Crippen molar-refractivity contribution >= 4 is 39.9 Å². The van der Waals surface area contributed by atoms with Gasteiger partial charge in [0.05, 0.1) is 0 Å². The Labute approximate surface area is 137 Å². The molecular weight excluding hydrogens is 314 g/mol. The van der Waals surface area contributed by atoms with Gasteiger partial charge in [0.25, 0.3) is 0 Å². The fourth-order valence-corrected chi connectivity index (χ4v) is 2.97. The molecule has 23 heavy (non-hydrogen) atoms. The summed E-state index contributed by atoms with van der Waals surface area (Å²) in [6, 6.07) is 12.2. The van der Waals surface area contributed by atoms with Crippen LogP contribution in [0.2, 0.25) is 5.02 Å². The van der Waals surface area contributed by atoms with Gasteiger partial charge < -0.3 is 9.73 Å². The summed E-state index contributed by atoms with van der Waals surface area (Å²) in [6.45, 7) is 0. The van der Waals surface area contributed by atoms with Crippen LogP contribution in [0.15, 0.2) is 46.9 Å². The number of rotatable bonds is 2. The van der Waals surface area contributed by atoms with Gasteiger partial charge in [-0.2, -0.15) is 0 Å². The van der Waals surface area contributed by atoms with Crippen LogP contribution in [0.3, 0.4) is 0 Å². The third-order valence-corrected chi connectivity index (χ3v) is 4.20. The second-order valence-electron chi connectivity index (χ2n) is 5.54. The Kier molecular flexibility index (Phi) is 3.20. The van der Waals surface area contributed by atoms with E-state index in [1.807, 2.05) is 6.07 Å². The molecule has 0 aliphatic carbocycles. The molecule has 1 aliphatic rings. The Morgan fingerprint density at radius 3 is 2.83 bits per heavy atom. The molecule has 2 aromatic carbocycles. The van der Waals surface area contributed by atoms with E-state index in [0.717, 1.165) is 16.6 Å². The number of carbonyl (C=O) groups excluding carboxylic acids is 2. The van der Waals surface area contributed by atoms with Crippen LogP contribution in [-0.2, 0) is 11.2 Å². The molecule has 1 aliphatic heterocycles. The van der Waals surface area contributed by atoms with Crippen molar-refractivity contribution in [1.82, 2.24) is 0 Å². The Bertz CT molecular complexity index is 958. The average molecular weight is 326 g/mol. The third-order valence-electron chi connectivity index (χ3n) is 3.97. The number of anilines is 1. The summed E-state index contributed by atoms with van der Waals surface area (Å²) in [5.74, 6) is 0.102. The number of halogens is 1. The van der Waals surface area contributed by atoms with Gasteiger partial charge in [-0.15, -0.1) is 0 Å². The number of hydrogen-bond acceptors (Lipinski definition) is 3. The van der Waals surface area contributed by atoms with Gasteiger partial charge in [-0.1, -0.05) is 11.6 Å². The Hall–Kier alpha value is -2.59. The van der Waals surface area contributed by atoms with Crippen LogP contribution in [0.25, 0.3) is 11.0 Å². The molecule has 114 valence electrons. The Balaban J connectivity index is 1.71. The highest BCUT2D eigenvalue weighted by atomic mass is 35.5. The van der Waals surface area contributed by atoms with Gasteiger partial charge in [-0.25, -0.2) is 0 Å². The fourth-order valence-electron chi connectivity index (χ4n) is 2.79. The summed E-state index contributed by atoms with van der Waals surface area (Å²) in [4.78, 5) is 24.0. The van der Waals surface area contributed by atoms with Crippen LogP contribution in [0.4, 0.5) is 5.69 Å². The van der Waals surface area contributed by atoms with E-state index in [0.29, 0.717) is 29.0 Å². The largest absolute Gasteiger partial charge is 0.453 e. The summed E-state index contributed by atoms with van der Waals surface area (Å²) >= 11 is 5.95. The van der Waals surface area contributed by atoms with Gasteiger partial charge in [0.15, 0.2) is 5.76 Å². The SMILES string of the molecule is O=C1CCc2cc(C(=O)c3cc4cc(Cl)ccc4o3)ccc2N1. The second kappa shape index (κ2) is 5.25. The lowest BCUT2D eigenvalue weighted by molar-refractivity contribution is -0.116. The van der Waals surface area contributed by atoms with Crippen molar-refractivity contribution in [2.45, 2.75) is 12.8 Å². The Morgan fingerprint density at radius 1 is 1.09 bits per heavy atom. The van der Waals surface area contributed by atoms with Crippen molar-refractivity contribution in [1.29, 1.82) is 0 Å². The molecule has 5 heteroatoms. The van der Waals surface area contributed by atoms with Crippen molar-refractivity contribution in [2.24, 2.45) is 0 Å². The highest BCUT2D eigenvalue weighted by Gasteiger charge is 2.19. The first-order chi connectivity index (χ1) is 11.1. The van der Waals surface area contributed by atoms with Gasteiger partial charge in [0, 0.05) is 28.1 Å². The minimum atomic E-state index is -0.183. The normalized spacial score (nSPS) is 13.7. The molecule has 2 heterocycles. The highest BCUT2D eigenvalue weighted by molar-refractivity contribution is 6.31. The minimum absolute atomic E-state index is 0.00531. The maximum atomic E-state index is 12.6. The minimum Gasteiger partial charge on any atom is -0.453 e. The molecule has 0 unspecified atom stereocenters. The van der Waals surface area contributed by atoms with E-state index in [-0.39, 0.29) is 17.5 Å². The number of aryl methyl sites for hydroxylation is 1. The van der Waals surface area contributed by atoms with E-state index < -0.39 is 0 Å². The fraction of sp³-hybridized carbons (Fsp3) is 0.111. The molecule has 4 rings (SSSR count). The molecule has 0 fully saturated rings. The van der Waals surface area contributed by atoms with Gasteiger partial charge in [0.2, 0.25) is 11.7 Å². The molecule has 3 aromatic rings. The van der Waals surface area contributed by atoms with Crippen molar-refractivity contribution in [3.63, 3.8) is 0 Å². The molecule has 0 radical (unpaired) electrons. The summed E-state index contributed by atoms with van der Waals surface area (Å²) in [5.41, 5.74) is 2.91. The smallest absolute Gasteiger partial charge is 0.228 e. The first kappa shape index (κ1) is 14.0. The molecule has 0 saturated carbocycles. The summed E-state index contributed by atoms with van der Waals surface area (Å²) in [7, 11) is 0. The van der Waals surface area contributed by atoms with Crippen LogP contribution >= 0.6 is 11.6 Å². The molecule has 4 nitrogen and oxygen atoms in total. The van der Waals surface area contributed by atoms with Crippen LogP contribution < -0.4 is 5.32 Å². The monoisotopic (exact) mass is 325 g/mol. The average Bonchev–Trinajstić information content (AvgIpc) is 2.96. The van der Waals surface area contributed by atoms with Gasteiger partial charge >= 0.3 is 0 Å². The van der Waals surface area contributed by atoms with E-state index in [1.165, 1.54) is 0 Å². The lowest BCUT2D eigenvalue weighted by Gasteiger charge is -2.17. The first-order valence-electron chi connectivity index (χ1n) is 7.27. The number of furan rings is 1. The predicted octanol–water partition coefficient (Wildman–Crippen LogP) is 4.20. The van der Waals surface area contributed by atoms with Crippen molar-refractivity contribution in [3.05, 3.63) is 64.4 Å². The number of hydrogen-bond donors (Lipinski definition) is 1. The van der Waals surface area contributed by atoms with Gasteiger partial charge in [0.1, 0.15) is 5.58 Å². The number of amides is 1. The standard InChI is InChI=1S/C18H12ClNO3/c19-13-3-5-15-12(8-13)9-16(23-15)18(22)11-1-4-14-10(7-11)2-6-17(21)20-14/h1,3-5,7-9H,2,6H2,(H,20,21). The van der Waals surface area contributed by atoms with Crippen molar-refractivity contribution in [3.8, 4) is 0 Å². The van der Waals surface area contributed by atoms with Crippen LogP contribution in [0, 0.1) is 0 Å². The molecule has 1 aromatic heterocycles. The highest BCUT2D eigenvalue weighted by Crippen LogP contribution is 2.27. The summed E-state index contributed by atoms with van der Waals surface area (Å²) in [5, 5.41) is 4.20. The maximum absolute atomic E-state index is 12.6. The van der Waals surface area contributed by atoms with E-state index in [2.05, 4.69) is 5.32 Å². The third kappa shape index (κ3) is 2.51. The zero-order valence-electron chi connectivity index (χ0n) is 12.1. The number of benzene rings is 2. The molecular formula is C18H12ClNO3. The van der Waals surface area contributed by atoms with E-state index >= 15 is 0 Å². The molecule has 0 atom stereocenters. The van der Waals surface area contributed by atoms with Crippen LogP contribution in [-0.4, -0.2) is 11.7 Å². The topological polar surface area (TPSA) is 59.3 Å². The van der Waals surface area contributed by atoms with Gasteiger partial charge in [-0.3, -0.25) is 9.59 Å². The lowest BCUT2D eigenvalue weighted by atomic mass is 9.98. The molecule has 0 spiro atoms. The zero-order valence-corrected chi connectivity index (χ0v) is 12.8. The molecule has 0 bridgehead atoms. The lowest BCUT2D eigenvalue weighted by Crippen LogP contribution is -2.19.